The fourth-order valence-corrected chi connectivity index (χ4v) is 2.01. The summed E-state index contributed by atoms with van der Waals surface area (Å²) in [5.74, 6) is 0.801. The van der Waals surface area contributed by atoms with Gasteiger partial charge in [-0.3, -0.25) is 10.00 Å². The number of carbonyl (C=O) groups is 1. The van der Waals surface area contributed by atoms with Crippen LogP contribution in [0.1, 0.15) is 6.92 Å². The van der Waals surface area contributed by atoms with E-state index in [9.17, 15) is 4.79 Å². The minimum atomic E-state index is -0.515. The number of urea groups is 1. The van der Waals surface area contributed by atoms with Crippen molar-refractivity contribution in [2.45, 2.75) is 6.92 Å². The van der Waals surface area contributed by atoms with Crippen LogP contribution in [0.4, 0.5) is 16.5 Å². The lowest BCUT2D eigenvalue weighted by Crippen LogP contribution is -2.20. The third-order valence-electron chi connectivity index (χ3n) is 3.01. The van der Waals surface area contributed by atoms with E-state index in [-0.39, 0.29) is 11.9 Å². The van der Waals surface area contributed by atoms with E-state index in [0.29, 0.717) is 23.7 Å². The first-order chi connectivity index (χ1) is 11.7. The second-order valence-corrected chi connectivity index (χ2v) is 4.80. The Labute approximate surface area is 137 Å². The van der Waals surface area contributed by atoms with Crippen molar-refractivity contribution >= 4 is 17.7 Å². The number of benzene rings is 1. The minimum absolute atomic E-state index is 0.0259. The van der Waals surface area contributed by atoms with Gasteiger partial charge in [0.15, 0.2) is 0 Å². The summed E-state index contributed by atoms with van der Waals surface area (Å²) in [5.41, 5.74) is 1.07. The van der Waals surface area contributed by atoms with Gasteiger partial charge in [0.2, 0.25) is 0 Å². The summed E-state index contributed by atoms with van der Waals surface area (Å²) in [6.07, 6.45) is 1.75. The molecule has 0 unspecified atom stereocenters. The molecule has 0 aliphatic rings. The second kappa shape index (κ2) is 6.82. The van der Waals surface area contributed by atoms with E-state index in [1.165, 1.54) is 0 Å². The molecule has 0 aliphatic heterocycles. The van der Waals surface area contributed by atoms with Gasteiger partial charge in [-0.25, -0.2) is 4.79 Å². The molecular formula is C15H16N6O3. The molecule has 0 aliphatic carbocycles. The molecule has 0 bridgehead atoms. The Morgan fingerprint density at radius 2 is 2.08 bits per heavy atom. The molecule has 3 rings (SSSR count). The Balaban J connectivity index is 1.66. The molecule has 2 aromatic heterocycles. The SMILES string of the molecule is CCOc1ccccc1NC(=O)Nc1nnc(-c2ccn(C)n2)o1. The number of amides is 2. The topological polar surface area (TPSA) is 107 Å². The molecule has 2 amide bonds. The minimum Gasteiger partial charge on any atom is -0.492 e. The monoisotopic (exact) mass is 328 g/mol. The highest BCUT2D eigenvalue weighted by Crippen LogP contribution is 2.24. The second-order valence-electron chi connectivity index (χ2n) is 4.80. The van der Waals surface area contributed by atoms with Gasteiger partial charge in [-0.15, -0.1) is 5.10 Å². The van der Waals surface area contributed by atoms with Crippen LogP contribution in [-0.2, 0) is 7.05 Å². The molecule has 0 fully saturated rings. The zero-order valence-corrected chi connectivity index (χ0v) is 13.2. The molecule has 3 aromatic rings. The van der Waals surface area contributed by atoms with Crippen LogP contribution in [0.15, 0.2) is 40.9 Å². The van der Waals surface area contributed by atoms with Crippen molar-refractivity contribution in [1.82, 2.24) is 20.0 Å². The van der Waals surface area contributed by atoms with E-state index in [2.05, 4.69) is 25.9 Å². The van der Waals surface area contributed by atoms with Gasteiger partial charge in [-0.1, -0.05) is 17.2 Å². The molecule has 2 heterocycles. The maximum absolute atomic E-state index is 12.1. The highest BCUT2D eigenvalue weighted by molar-refractivity contribution is 5.99. The number of aromatic nitrogens is 4. The molecule has 0 saturated heterocycles. The molecule has 2 N–H and O–H groups in total. The Hall–Kier alpha value is -3.36. The first-order valence-electron chi connectivity index (χ1n) is 7.29. The van der Waals surface area contributed by atoms with Crippen molar-refractivity contribution in [3.05, 3.63) is 36.5 Å². The van der Waals surface area contributed by atoms with Gasteiger partial charge < -0.3 is 14.5 Å². The number of nitrogens with one attached hydrogen (secondary N) is 2. The van der Waals surface area contributed by atoms with Gasteiger partial charge in [0.25, 0.3) is 5.89 Å². The lowest BCUT2D eigenvalue weighted by molar-refractivity contribution is 0.261. The summed E-state index contributed by atoms with van der Waals surface area (Å²) in [6, 6.07) is 8.31. The maximum Gasteiger partial charge on any atom is 0.327 e. The van der Waals surface area contributed by atoms with Crippen molar-refractivity contribution in [2.75, 3.05) is 17.2 Å². The Kier molecular flexibility index (Phi) is 4.41. The number of carbonyl (C=O) groups excluding carboxylic acids is 1. The maximum atomic E-state index is 12.1. The predicted octanol–water partition coefficient (Wildman–Crippen LogP) is 2.51. The summed E-state index contributed by atoms with van der Waals surface area (Å²) in [4.78, 5) is 12.1. The van der Waals surface area contributed by atoms with E-state index in [4.69, 9.17) is 9.15 Å². The van der Waals surface area contributed by atoms with Crippen LogP contribution in [0.25, 0.3) is 11.6 Å². The molecule has 0 spiro atoms. The van der Waals surface area contributed by atoms with Crippen LogP contribution in [-0.4, -0.2) is 32.6 Å². The number of anilines is 2. The summed E-state index contributed by atoms with van der Waals surface area (Å²) in [5, 5.41) is 16.9. The van der Waals surface area contributed by atoms with Gasteiger partial charge in [0.1, 0.15) is 11.4 Å². The van der Waals surface area contributed by atoms with Crippen LogP contribution in [0.2, 0.25) is 0 Å². The van der Waals surface area contributed by atoms with Crippen LogP contribution in [0, 0.1) is 0 Å². The fourth-order valence-electron chi connectivity index (χ4n) is 2.01. The number of hydrogen-bond acceptors (Lipinski definition) is 6. The molecule has 1 aromatic carbocycles. The normalized spacial score (nSPS) is 10.4. The number of ether oxygens (including phenoxy) is 1. The average Bonchev–Trinajstić information content (AvgIpc) is 3.18. The highest BCUT2D eigenvalue weighted by atomic mass is 16.5. The Bertz CT molecular complexity index is 841. The number of hydrogen-bond donors (Lipinski definition) is 2. The van der Waals surface area contributed by atoms with E-state index in [1.807, 2.05) is 13.0 Å². The number of aryl methyl sites for hydroxylation is 1. The standard InChI is InChI=1S/C15H16N6O3/c1-3-23-12-7-5-4-6-10(12)16-14(22)17-15-19-18-13(24-15)11-8-9-21(2)20-11/h4-9H,3H2,1-2H3,(H2,16,17,19,22). The van der Waals surface area contributed by atoms with Crippen molar-refractivity contribution < 1.29 is 13.9 Å². The lowest BCUT2D eigenvalue weighted by atomic mass is 10.3. The third kappa shape index (κ3) is 3.51. The number of nitrogens with zero attached hydrogens (tertiary/aromatic N) is 4. The van der Waals surface area contributed by atoms with Crippen molar-refractivity contribution in [1.29, 1.82) is 0 Å². The van der Waals surface area contributed by atoms with Crippen LogP contribution in [0.5, 0.6) is 5.75 Å². The average molecular weight is 328 g/mol. The molecule has 24 heavy (non-hydrogen) atoms. The Morgan fingerprint density at radius 3 is 2.83 bits per heavy atom. The molecule has 9 nitrogen and oxygen atoms in total. The van der Waals surface area contributed by atoms with Gasteiger partial charge in [0.05, 0.1) is 12.3 Å². The highest BCUT2D eigenvalue weighted by Gasteiger charge is 2.14. The van der Waals surface area contributed by atoms with Gasteiger partial charge >= 0.3 is 12.0 Å². The van der Waals surface area contributed by atoms with E-state index in [0.717, 1.165) is 0 Å². The van der Waals surface area contributed by atoms with Gasteiger partial charge in [-0.2, -0.15) is 5.10 Å². The van der Waals surface area contributed by atoms with Crippen molar-refractivity contribution in [3.8, 4) is 17.3 Å². The van der Waals surface area contributed by atoms with Gasteiger partial charge in [0, 0.05) is 13.2 Å². The molecule has 0 radical (unpaired) electrons. The van der Waals surface area contributed by atoms with Crippen LogP contribution < -0.4 is 15.4 Å². The van der Waals surface area contributed by atoms with E-state index >= 15 is 0 Å². The van der Waals surface area contributed by atoms with Crippen molar-refractivity contribution in [3.63, 3.8) is 0 Å². The zero-order valence-electron chi connectivity index (χ0n) is 13.2. The summed E-state index contributed by atoms with van der Waals surface area (Å²) < 4.78 is 12.4. The van der Waals surface area contributed by atoms with Crippen LogP contribution >= 0.6 is 0 Å². The number of rotatable bonds is 5. The van der Waals surface area contributed by atoms with Crippen molar-refractivity contribution in [2.24, 2.45) is 7.05 Å². The zero-order chi connectivity index (χ0) is 16.9. The molecule has 0 atom stereocenters. The first-order valence-corrected chi connectivity index (χ1v) is 7.29. The largest absolute Gasteiger partial charge is 0.492 e. The van der Waals surface area contributed by atoms with Crippen LogP contribution in [0.3, 0.4) is 0 Å². The first kappa shape index (κ1) is 15.5. The number of para-hydroxylation sites is 2. The molecule has 0 saturated carbocycles. The fraction of sp³-hybridized carbons (Fsp3) is 0.200. The quantitative estimate of drug-likeness (QED) is 0.745. The smallest absolute Gasteiger partial charge is 0.327 e. The summed E-state index contributed by atoms with van der Waals surface area (Å²) in [6.45, 7) is 2.37. The summed E-state index contributed by atoms with van der Waals surface area (Å²) in [7, 11) is 1.78. The predicted molar refractivity (Wildman–Crippen MR) is 86.8 cm³/mol. The Morgan fingerprint density at radius 1 is 1.25 bits per heavy atom. The van der Waals surface area contributed by atoms with E-state index < -0.39 is 6.03 Å². The van der Waals surface area contributed by atoms with E-state index in [1.54, 1.807) is 42.2 Å². The van der Waals surface area contributed by atoms with Gasteiger partial charge in [-0.05, 0) is 25.1 Å². The third-order valence-corrected chi connectivity index (χ3v) is 3.01. The molecular weight excluding hydrogens is 312 g/mol. The molecule has 124 valence electrons. The lowest BCUT2D eigenvalue weighted by Gasteiger charge is -2.10. The summed E-state index contributed by atoms with van der Waals surface area (Å²) >= 11 is 0. The molecule has 9 heteroatoms.